The van der Waals surface area contributed by atoms with Crippen molar-refractivity contribution in [3.05, 3.63) is 72.9 Å². The van der Waals surface area contributed by atoms with Gasteiger partial charge in [0.2, 0.25) is 5.91 Å². The lowest BCUT2D eigenvalue weighted by molar-refractivity contribution is -0.331. The van der Waals surface area contributed by atoms with Crippen LogP contribution in [0.15, 0.2) is 72.9 Å². The molecule has 0 spiro atoms. The first-order chi connectivity index (χ1) is 37.2. The molecule has 16 N–H and O–H groups in total. The van der Waals surface area contributed by atoms with E-state index in [9.17, 15) is 80.8 Å². The zero-order chi connectivity index (χ0) is 58.7. The number of esters is 1. The maximum Gasteiger partial charge on any atom is 0.311 e. The summed E-state index contributed by atoms with van der Waals surface area (Å²) in [4.78, 5) is 37.5. The van der Waals surface area contributed by atoms with Crippen LogP contribution in [-0.2, 0) is 42.8 Å². The van der Waals surface area contributed by atoms with Crippen molar-refractivity contribution in [2.24, 2.45) is 23.5 Å². The van der Waals surface area contributed by atoms with E-state index in [1.54, 1.807) is 44.2 Å². The average molecular weight is 1130 g/mol. The number of aliphatic carboxylic acids is 1. The average Bonchev–Trinajstić information content (AvgIpc) is 3.36. The molecule has 24 heteroatoms. The van der Waals surface area contributed by atoms with E-state index in [-0.39, 0.29) is 31.6 Å². The number of aliphatic hydroxyl groups is 12. The van der Waals surface area contributed by atoms with Gasteiger partial charge in [0, 0.05) is 38.0 Å². The minimum Gasteiger partial charge on any atom is -0.481 e. The number of amides is 1. The molecule has 0 aromatic rings. The Bertz CT molecular complexity index is 2060. The van der Waals surface area contributed by atoms with Gasteiger partial charge in [-0.15, -0.1) is 0 Å². The van der Waals surface area contributed by atoms with Crippen LogP contribution in [0.1, 0.15) is 98.8 Å². The Morgan fingerprint density at radius 1 is 0.696 bits per heavy atom. The van der Waals surface area contributed by atoms with Gasteiger partial charge in [0.05, 0.1) is 80.1 Å². The maximum atomic E-state index is 12.7. The number of nitrogens with two attached hydrogens (primary N) is 1. The van der Waals surface area contributed by atoms with Crippen molar-refractivity contribution in [2.45, 2.75) is 227 Å². The van der Waals surface area contributed by atoms with E-state index in [4.69, 9.17) is 34.2 Å². The zero-order valence-corrected chi connectivity index (χ0v) is 45.6. The second-order valence-electron chi connectivity index (χ2n) is 21.4. The van der Waals surface area contributed by atoms with Crippen LogP contribution in [0.25, 0.3) is 0 Å². The molecule has 3 saturated heterocycles. The second-order valence-corrected chi connectivity index (χ2v) is 21.4. The molecule has 24 nitrogen and oxygen atoms in total. The molecule has 4 aliphatic heterocycles. The van der Waals surface area contributed by atoms with Gasteiger partial charge in [0.25, 0.3) is 0 Å². The van der Waals surface area contributed by atoms with Gasteiger partial charge in [-0.25, -0.2) is 0 Å². The summed E-state index contributed by atoms with van der Waals surface area (Å²) in [5, 5.41) is 143. The molecule has 0 aliphatic carbocycles. The highest BCUT2D eigenvalue weighted by Crippen LogP contribution is 2.39. The van der Waals surface area contributed by atoms with Crippen LogP contribution in [0.4, 0.5) is 0 Å². The van der Waals surface area contributed by atoms with Crippen molar-refractivity contribution in [1.29, 1.82) is 0 Å². The first-order valence-electron chi connectivity index (χ1n) is 27.1. The predicted octanol–water partition coefficient (Wildman–Crippen LogP) is -1.10. The van der Waals surface area contributed by atoms with E-state index in [1.165, 1.54) is 13.0 Å². The molecular formula is C55H88N2O22. The van der Waals surface area contributed by atoms with Crippen LogP contribution in [0.2, 0.25) is 0 Å². The van der Waals surface area contributed by atoms with E-state index in [2.05, 4.69) is 5.32 Å². The Labute approximate surface area is 461 Å². The van der Waals surface area contributed by atoms with Gasteiger partial charge in [0.15, 0.2) is 18.4 Å². The molecule has 24 unspecified atom stereocenters. The smallest absolute Gasteiger partial charge is 0.311 e. The fourth-order valence-corrected chi connectivity index (χ4v) is 10.0. The highest BCUT2D eigenvalue weighted by atomic mass is 16.7. The van der Waals surface area contributed by atoms with Crippen molar-refractivity contribution in [3.8, 4) is 0 Å². The molecule has 0 aromatic carbocycles. The summed E-state index contributed by atoms with van der Waals surface area (Å²) >= 11 is 0. The van der Waals surface area contributed by atoms with Crippen LogP contribution in [0.5, 0.6) is 0 Å². The summed E-state index contributed by atoms with van der Waals surface area (Å²) in [6.45, 7) is 7.15. The highest BCUT2D eigenvalue weighted by Gasteiger charge is 2.53. The number of cyclic esters (lactones) is 1. The first kappa shape index (κ1) is 67.6. The summed E-state index contributed by atoms with van der Waals surface area (Å²) in [5.41, 5.74) is 6.54. The number of hydrogen-bond acceptors (Lipinski definition) is 22. The number of ether oxygens (including phenoxy) is 6. The molecule has 0 aromatic heterocycles. The fourth-order valence-electron chi connectivity index (χ4n) is 10.0. The van der Waals surface area contributed by atoms with Crippen LogP contribution < -0.4 is 11.1 Å². The van der Waals surface area contributed by atoms with Crippen LogP contribution in [0.3, 0.4) is 0 Å². The van der Waals surface area contributed by atoms with E-state index in [0.29, 0.717) is 12.8 Å². The molecule has 0 saturated carbocycles. The minimum absolute atomic E-state index is 0.180. The zero-order valence-electron chi connectivity index (χ0n) is 45.6. The normalized spacial score (nSPS) is 45.1. The Kier molecular flexibility index (Phi) is 28.0. The van der Waals surface area contributed by atoms with E-state index in [0.717, 1.165) is 6.92 Å². The van der Waals surface area contributed by atoms with E-state index >= 15 is 0 Å². The van der Waals surface area contributed by atoms with Crippen molar-refractivity contribution in [1.82, 2.24) is 5.32 Å². The monoisotopic (exact) mass is 1130 g/mol. The van der Waals surface area contributed by atoms with Gasteiger partial charge >= 0.3 is 11.9 Å². The van der Waals surface area contributed by atoms with Gasteiger partial charge in [0.1, 0.15) is 48.6 Å². The fraction of sp³-hybridized carbons (Fsp3) is 0.727. The Morgan fingerprint density at radius 2 is 1.30 bits per heavy atom. The highest BCUT2D eigenvalue weighted by molar-refractivity contribution is 5.73. The largest absolute Gasteiger partial charge is 0.481 e. The number of carboxylic acid groups (broad SMARTS) is 1. The summed E-state index contributed by atoms with van der Waals surface area (Å²) in [5.74, 6) is -7.75. The molecule has 4 aliphatic rings. The van der Waals surface area contributed by atoms with Gasteiger partial charge in [-0.1, -0.05) is 86.8 Å². The lowest BCUT2D eigenvalue weighted by Gasteiger charge is -2.48. The number of fused-ring (bicyclic) bond motifs is 2. The summed E-state index contributed by atoms with van der Waals surface area (Å²) in [6, 6.07) is -2.68. The number of carboxylic acids is 1. The number of carbonyl (C=O) groups excluding carboxylic acids is 2. The molecule has 79 heavy (non-hydrogen) atoms. The molecule has 450 valence electrons. The lowest BCUT2D eigenvalue weighted by Crippen LogP contribution is -2.68. The minimum atomic E-state index is -2.44. The third-order valence-corrected chi connectivity index (χ3v) is 14.8. The molecule has 4 rings (SSSR count). The van der Waals surface area contributed by atoms with Crippen molar-refractivity contribution in [2.75, 3.05) is 6.61 Å². The van der Waals surface area contributed by atoms with Gasteiger partial charge < -0.3 is 106 Å². The third kappa shape index (κ3) is 21.1. The molecule has 24 atom stereocenters. The van der Waals surface area contributed by atoms with Crippen molar-refractivity contribution >= 4 is 17.8 Å². The SMILES string of the molecule is CC(=O)NC1C(OC2C(C)OC(OC3/C=C/C=C/C=C/C=C/CC/C=C/C=C/C(C)C(O)C(C)C(C)OC(=O)CC(O)CC(O)CC(O)CCC(O)C(O)CC4(O)CC(O)C(C(=O)O)C(C3)O4)C(O)C2N)OC(CO)C(O)C1O. The number of hydrogen-bond donors (Lipinski definition) is 15. The van der Waals surface area contributed by atoms with E-state index < -0.39 is 190 Å². The Balaban J connectivity index is 1.58. The van der Waals surface area contributed by atoms with Crippen LogP contribution >= 0.6 is 0 Å². The number of nitrogens with one attached hydrogen (secondary N) is 1. The van der Waals surface area contributed by atoms with Crippen LogP contribution in [-0.4, -0.2) is 219 Å². The molecule has 2 bridgehead atoms. The number of carbonyl (C=O) groups is 3. The Hall–Kier alpha value is -3.87. The molecular weight excluding hydrogens is 1040 g/mol. The summed E-state index contributed by atoms with van der Waals surface area (Å²) in [7, 11) is 0. The second kappa shape index (κ2) is 32.7. The Morgan fingerprint density at radius 3 is 1.95 bits per heavy atom. The molecule has 3 fully saturated rings. The summed E-state index contributed by atoms with van der Waals surface area (Å²) < 4.78 is 35.6. The molecule has 0 radical (unpaired) electrons. The van der Waals surface area contributed by atoms with Gasteiger partial charge in [-0.05, 0) is 52.4 Å². The number of allylic oxidation sites excluding steroid dienone is 10. The van der Waals surface area contributed by atoms with Crippen LogP contribution in [0, 0.1) is 17.8 Å². The van der Waals surface area contributed by atoms with Gasteiger partial charge in [-0.2, -0.15) is 0 Å². The lowest BCUT2D eigenvalue weighted by atomic mass is 9.82. The number of rotatable bonds is 7. The predicted molar refractivity (Wildman–Crippen MR) is 281 cm³/mol. The quantitative estimate of drug-likeness (QED) is 0.135. The molecule has 1 amide bonds. The maximum absolute atomic E-state index is 12.7. The van der Waals surface area contributed by atoms with Crippen molar-refractivity contribution < 1.29 is 109 Å². The summed E-state index contributed by atoms with van der Waals surface area (Å²) in [6.07, 6.45) is -5.88. The third-order valence-electron chi connectivity index (χ3n) is 14.8. The number of aliphatic hydroxyl groups excluding tert-OH is 11. The van der Waals surface area contributed by atoms with Gasteiger partial charge in [-0.3, -0.25) is 14.4 Å². The standard InChI is InChI=1S/C55H88N2O22/c1-29-18-16-14-12-10-8-6-7-9-11-13-15-17-19-37(76-54-49(69)45(56)51(32(4)75-54)78-53-46(57-33(5)59)50(70)48(68)42(28-58)77-53)25-41-44(52(71)72)40(65)27-55(73,79-41)26-39(64)38(63)21-20-34(60)22-35(61)23-36(62)24-43(66)74-31(3)30(2)47(29)67/h6-7,9,11-19,29-32,34-42,44-51,53-54,58,60-65,67-70,73H,8,10,20-28,56H2,1-5H3,(H,57,59)(H,71,72)/b7-6+,11-9+,14-12+,15-13+,18-16+,19-17+. The van der Waals surface area contributed by atoms with Crippen molar-refractivity contribution in [3.63, 3.8) is 0 Å². The van der Waals surface area contributed by atoms with E-state index in [1.807, 2.05) is 43.4 Å². The molecule has 4 heterocycles. The topological polar surface area (TPSA) is 408 Å². The first-order valence-corrected chi connectivity index (χ1v) is 27.1.